The molecule has 0 aliphatic heterocycles. The molecule has 1 unspecified atom stereocenters. The van der Waals surface area contributed by atoms with Crippen LogP contribution in [0.15, 0.2) is 12.3 Å². The molecule has 0 aromatic carbocycles. The normalized spacial score (nSPS) is 16.0. The van der Waals surface area contributed by atoms with Crippen LogP contribution in [-0.4, -0.2) is 48.6 Å². The molecule has 6 nitrogen and oxygen atoms in total. The number of hydrogen-bond acceptors (Lipinski definition) is 6. The first-order valence-corrected chi connectivity index (χ1v) is 6.82. The molecule has 0 spiro atoms. The predicted molar refractivity (Wildman–Crippen MR) is 78.7 cm³/mol. The quantitative estimate of drug-likeness (QED) is 0.764. The minimum absolute atomic E-state index is 0.368. The van der Waals surface area contributed by atoms with Crippen molar-refractivity contribution in [2.24, 2.45) is 0 Å². The molecule has 0 saturated heterocycles. The van der Waals surface area contributed by atoms with Crippen LogP contribution in [0.5, 0.6) is 0 Å². The van der Waals surface area contributed by atoms with Crippen LogP contribution in [0.25, 0.3) is 0 Å². The Morgan fingerprint density at radius 2 is 2.35 bits per heavy atom. The molecule has 0 amide bonds. The van der Waals surface area contributed by atoms with E-state index in [9.17, 15) is 4.79 Å². The molecule has 110 valence electrons. The van der Waals surface area contributed by atoms with Crippen molar-refractivity contribution in [3.8, 4) is 0 Å². The van der Waals surface area contributed by atoms with E-state index in [1.54, 1.807) is 6.07 Å². The molecule has 0 bridgehead atoms. The molecule has 1 saturated carbocycles. The van der Waals surface area contributed by atoms with Crippen LogP contribution in [-0.2, 0) is 4.74 Å². The van der Waals surface area contributed by atoms with E-state index in [2.05, 4.69) is 29.2 Å². The maximum Gasteiger partial charge on any atom is 0.341 e. The van der Waals surface area contributed by atoms with Gasteiger partial charge < -0.3 is 15.8 Å². The Morgan fingerprint density at radius 3 is 2.95 bits per heavy atom. The van der Waals surface area contributed by atoms with E-state index in [0.29, 0.717) is 35.7 Å². The third-order valence-electron chi connectivity index (χ3n) is 3.70. The monoisotopic (exact) mass is 278 g/mol. The fourth-order valence-corrected chi connectivity index (χ4v) is 2.12. The number of pyridine rings is 1. The molecule has 1 atom stereocenters. The number of carbonyl (C=O) groups is 1. The van der Waals surface area contributed by atoms with Crippen LogP contribution in [0, 0.1) is 0 Å². The summed E-state index contributed by atoms with van der Waals surface area (Å²) in [6.07, 6.45) is 4.08. The highest BCUT2D eigenvalue weighted by molar-refractivity contribution is 5.95. The summed E-state index contributed by atoms with van der Waals surface area (Å²) in [7, 11) is 3.47. The van der Waals surface area contributed by atoms with Gasteiger partial charge in [0.15, 0.2) is 0 Å². The summed E-state index contributed by atoms with van der Waals surface area (Å²) in [5, 5.41) is 3.21. The van der Waals surface area contributed by atoms with Crippen LogP contribution in [0.2, 0.25) is 0 Å². The first-order valence-electron chi connectivity index (χ1n) is 6.82. The van der Waals surface area contributed by atoms with Crippen LogP contribution < -0.4 is 11.1 Å². The summed E-state index contributed by atoms with van der Waals surface area (Å²) in [4.78, 5) is 18.2. The second-order valence-electron chi connectivity index (χ2n) is 5.28. The van der Waals surface area contributed by atoms with E-state index >= 15 is 0 Å². The second-order valence-corrected chi connectivity index (χ2v) is 5.28. The van der Waals surface area contributed by atoms with E-state index in [1.165, 1.54) is 26.1 Å². The molecule has 1 heterocycles. The Balaban J connectivity index is 2.02. The number of esters is 1. The average molecular weight is 278 g/mol. The molecule has 3 N–H and O–H groups in total. The van der Waals surface area contributed by atoms with Gasteiger partial charge in [-0.2, -0.15) is 0 Å². The summed E-state index contributed by atoms with van der Waals surface area (Å²) >= 11 is 0. The SMILES string of the molecule is COC(=O)c1cc(N)cnc1NCC(C)N(C)C1CC1. The van der Waals surface area contributed by atoms with E-state index in [-0.39, 0.29) is 0 Å². The zero-order valence-electron chi connectivity index (χ0n) is 12.2. The highest BCUT2D eigenvalue weighted by atomic mass is 16.5. The third kappa shape index (κ3) is 3.39. The van der Waals surface area contributed by atoms with Gasteiger partial charge in [0.2, 0.25) is 0 Å². The van der Waals surface area contributed by atoms with Crippen molar-refractivity contribution < 1.29 is 9.53 Å². The lowest BCUT2D eigenvalue weighted by atomic mass is 10.2. The van der Waals surface area contributed by atoms with E-state index in [0.717, 1.165) is 0 Å². The van der Waals surface area contributed by atoms with Gasteiger partial charge in [0, 0.05) is 18.6 Å². The highest BCUT2D eigenvalue weighted by Gasteiger charge is 2.29. The molecule has 2 rings (SSSR count). The number of methoxy groups -OCH3 is 1. The van der Waals surface area contributed by atoms with E-state index < -0.39 is 5.97 Å². The second kappa shape index (κ2) is 6.09. The van der Waals surface area contributed by atoms with Crippen LogP contribution in [0.1, 0.15) is 30.1 Å². The van der Waals surface area contributed by atoms with Crippen molar-refractivity contribution in [2.45, 2.75) is 31.8 Å². The molecule has 1 aromatic rings. The fourth-order valence-electron chi connectivity index (χ4n) is 2.12. The Hall–Kier alpha value is -1.82. The molecule has 0 radical (unpaired) electrons. The average Bonchev–Trinajstić information content (AvgIpc) is 3.28. The Morgan fingerprint density at radius 1 is 1.65 bits per heavy atom. The molecule has 20 heavy (non-hydrogen) atoms. The summed E-state index contributed by atoms with van der Waals surface area (Å²) in [6.45, 7) is 2.87. The molecular weight excluding hydrogens is 256 g/mol. The largest absolute Gasteiger partial charge is 0.465 e. The molecule has 1 fully saturated rings. The topological polar surface area (TPSA) is 80.5 Å². The van der Waals surface area contributed by atoms with Gasteiger partial charge in [0.1, 0.15) is 11.4 Å². The third-order valence-corrected chi connectivity index (χ3v) is 3.70. The van der Waals surface area contributed by atoms with Gasteiger partial charge in [-0.1, -0.05) is 0 Å². The number of likely N-dealkylation sites (N-methyl/N-ethyl adjacent to an activating group) is 1. The van der Waals surface area contributed by atoms with E-state index in [1.807, 2.05) is 0 Å². The van der Waals surface area contributed by atoms with Crippen LogP contribution in [0.4, 0.5) is 11.5 Å². The maximum absolute atomic E-state index is 11.7. The van der Waals surface area contributed by atoms with Crippen molar-refractivity contribution in [1.82, 2.24) is 9.88 Å². The number of rotatable bonds is 6. The zero-order valence-corrected chi connectivity index (χ0v) is 12.2. The van der Waals surface area contributed by atoms with Crippen molar-refractivity contribution in [1.29, 1.82) is 0 Å². The number of nitrogen functional groups attached to an aromatic ring is 1. The summed E-state index contributed by atoms with van der Waals surface area (Å²) in [6, 6.07) is 2.65. The summed E-state index contributed by atoms with van der Waals surface area (Å²) < 4.78 is 4.75. The number of aromatic nitrogens is 1. The lowest BCUT2D eigenvalue weighted by Crippen LogP contribution is -2.36. The van der Waals surface area contributed by atoms with Crippen LogP contribution in [0.3, 0.4) is 0 Å². The molecular formula is C14H22N4O2. The smallest absolute Gasteiger partial charge is 0.341 e. The van der Waals surface area contributed by atoms with Gasteiger partial charge in [-0.15, -0.1) is 0 Å². The Kier molecular flexibility index (Phi) is 4.44. The summed E-state index contributed by atoms with van der Waals surface area (Å²) in [5.74, 6) is 0.0811. The highest BCUT2D eigenvalue weighted by Crippen LogP contribution is 2.27. The summed E-state index contributed by atoms with van der Waals surface area (Å²) in [5.41, 5.74) is 6.48. The maximum atomic E-state index is 11.7. The Bertz CT molecular complexity index is 488. The van der Waals surface area contributed by atoms with Crippen molar-refractivity contribution >= 4 is 17.5 Å². The lowest BCUT2D eigenvalue weighted by molar-refractivity contribution is 0.0601. The number of nitrogens with two attached hydrogens (primary N) is 1. The number of ether oxygens (including phenoxy) is 1. The lowest BCUT2D eigenvalue weighted by Gasteiger charge is -2.25. The Labute approximate surface area is 119 Å². The number of nitrogens with one attached hydrogen (secondary N) is 1. The van der Waals surface area contributed by atoms with Gasteiger partial charge in [0.05, 0.1) is 19.0 Å². The first-order chi connectivity index (χ1) is 9.52. The molecule has 1 aliphatic carbocycles. The van der Waals surface area contributed by atoms with Gasteiger partial charge >= 0.3 is 5.97 Å². The number of nitrogens with zero attached hydrogens (tertiary/aromatic N) is 2. The molecule has 1 aromatic heterocycles. The molecule has 6 heteroatoms. The minimum Gasteiger partial charge on any atom is -0.465 e. The first kappa shape index (κ1) is 14.6. The van der Waals surface area contributed by atoms with Crippen molar-refractivity contribution in [2.75, 3.05) is 31.8 Å². The van der Waals surface area contributed by atoms with Crippen LogP contribution >= 0.6 is 0 Å². The zero-order chi connectivity index (χ0) is 14.7. The predicted octanol–water partition coefficient (Wildman–Crippen LogP) is 1.34. The van der Waals surface area contributed by atoms with Crippen molar-refractivity contribution in [3.05, 3.63) is 17.8 Å². The number of anilines is 2. The van der Waals surface area contributed by atoms with E-state index in [4.69, 9.17) is 10.5 Å². The van der Waals surface area contributed by atoms with Gasteiger partial charge in [-0.3, -0.25) is 4.90 Å². The van der Waals surface area contributed by atoms with Crippen molar-refractivity contribution in [3.63, 3.8) is 0 Å². The molecule has 1 aliphatic rings. The minimum atomic E-state index is -0.435. The van der Waals surface area contributed by atoms with Gasteiger partial charge in [-0.25, -0.2) is 9.78 Å². The fraction of sp³-hybridized carbons (Fsp3) is 0.571. The number of hydrogen-bond donors (Lipinski definition) is 2. The number of carbonyl (C=O) groups excluding carboxylic acids is 1. The standard InChI is InChI=1S/C14H22N4O2/c1-9(18(2)11-4-5-11)7-16-13-12(14(19)20-3)6-10(15)8-17-13/h6,8-9,11H,4-5,7,15H2,1-3H3,(H,16,17). The van der Waals surface area contributed by atoms with Gasteiger partial charge in [0.25, 0.3) is 0 Å². The van der Waals surface area contributed by atoms with Gasteiger partial charge in [-0.05, 0) is 32.9 Å².